The van der Waals surface area contributed by atoms with Gasteiger partial charge >= 0.3 is 0 Å². The molecule has 4 heteroatoms. The molecule has 17 saturated carbocycles. The summed E-state index contributed by atoms with van der Waals surface area (Å²) in [5, 5.41) is 0. The molecule has 4 nitrogen and oxygen atoms in total. The van der Waals surface area contributed by atoms with Crippen LogP contribution in [0.15, 0.2) is 0 Å². The molecular formula is C136H271NO3. The van der Waals surface area contributed by atoms with Crippen LogP contribution in [0, 0.1) is 206 Å². The first-order valence-corrected chi connectivity index (χ1v) is 63.8. The van der Waals surface area contributed by atoms with Gasteiger partial charge in [-0.1, -0.05) is 394 Å². The number of amides is 1. The van der Waals surface area contributed by atoms with Crippen LogP contribution in [-0.2, 0) is 14.3 Å². The standard InChI is InChI=1S/C15H28O.C14H25NO.2C14H26.2C13H24.C12H22O.C12H22.C11H20.9C2H6/c1-12(2,3)14-7-9-15(10-8-14,16-11-14)13(4,5)6;1-10(2)13-6-8-14(9-7-13,11(3)4)15(5)12(13)16;1-11(2)13-5-8-14(9-6-13,10-7-13)12(3)4;1-11(2)13-6-5-7-14(10-13,9-8-13)12(3)4;1-8(2)12-6-11-5-10(12)7-13(11)9(3)4;1-10(2)12-5-7-13(9-12,8-6-12)11(3)4;1-7(2)9-5-12-10(8(3)4)6-11(9)13-12;1-9(2)11-5-6-12(7-11,8-11)10(3)4;1-8(2)10-5-11(6-10,7-10)9(3)4;9*1-2/h7-11H2,1-6H3;10-11H,6-9H2,1-5H3;2*11-12H,5-10H2,1-4H3;8-13H,5-7H2,1-4H3;10-11H,5-9H2,1-4H3;7-12H,5-6H2,1-4H3;9-10H,5-8H2,1-4H3;8-9H,5-7H2,1-4H3;9*1-2H3. The van der Waals surface area contributed by atoms with Crippen molar-refractivity contribution in [1.82, 2.24) is 4.90 Å². The molecule has 6 saturated heterocycles. The van der Waals surface area contributed by atoms with Gasteiger partial charge in [-0.2, -0.15) is 0 Å². The number of piperidine rings is 2. The Morgan fingerprint density at radius 3 is 0.686 bits per heavy atom. The normalized spacial score (nSPS) is 37.8. The Kier molecular flexibility index (Phi) is 56.3. The molecule has 23 aliphatic rings. The Morgan fingerprint density at radius 1 is 0.250 bits per heavy atom. The fraction of sp³-hybridized carbons (Fsp3) is 0.993. The van der Waals surface area contributed by atoms with Gasteiger partial charge in [-0.3, -0.25) is 4.79 Å². The number of carbonyl (C=O) groups is 1. The molecular weight excluding hydrogens is 1700 g/mol. The molecule has 0 radical (unpaired) electrons. The van der Waals surface area contributed by atoms with Gasteiger partial charge in [-0.25, -0.2) is 0 Å². The molecule has 17 aliphatic carbocycles. The Balaban J connectivity index is 0.000000772. The highest BCUT2D eigenvalue weighted by Gasteiger charge is 2.70. The second-order valence-electron chi connectivity index (χ2n) is 56.8. The first-order chi connectivity index (χ1) is 65.2. The number of fused-ring (bicyclic) bond motifs is 18. The SMILES string of the molecule is CC.CC.CC.CC.CC.CC.CC.CC.CC.CC(C)(C)C12CCC(C(C)(C)C)(CC1)OC2.CC(C)C12CC(C(C)C)(C1)C2.CC(C)C12CCC(C(C)C)(C1)C2.CC(C)C12CCC(C(C)C)(CC1)C2.CC(C)C12CCC(C(C)C)(CC1)CC2.CC(C)C12CCC(C(C)C)(CC1)N(C)C2=O.CC(C)C12CCCC(C(C)C)(CC1)C2.CC(C)C1CC2CC1CC2C(C)C.CC(C)C1CC2OC1CC2C(C)C. The predicted octanol–water partition coefficient (Wildman–Crippen LogP) is 44.6. The average Bonchev–Trinajstić information content (AvgIpc) is 1.12. The van der Waals surface area contributed by atoms with Gasteiger partial charge in [-0.15, -0.1) is 0 Å². The van der Waals surface area contributed by atoms with Crippen molar-refractivity contribution in [2.45, 2.75) is 649 Å². The highest BCUT2D eigenvalue weighted by molar-refractivity contribution is 5.85. The third-order valence-corrected chi connectivity index (χ3v) is 46.3. The number of nitrogens with zero attached hydrogens (tertiary/aromatic N) is 1. The van der Waals surface area contributed by atoms with Crippen LogP contribution in [0.4, 0.5) is 0 Å². The summed E-state index contributed by atoms with van der Waals surface area (Å²) in [4.78, 5) is 14.7. The van der Waals surface area contributed by atoms with E-state index < -0.39 is 0 Å². The molecule has 10 unspecified atom stereocenters. The zero-order valence-corrected chi connectivity index (χ0v) is 108. The molecule has 18 bridgehead atoms. The lowest BCUT2D eigenvalue weighted by Crippen LogP contribution is -2.67. The maximum atomic E-state index is 12.6. The van der Waals surface area contributed by atoms with E-state index in [9.17, 15) is 4.79 Å². The molecule has 1 amide bonds. The Hall–Kier alpha value is -0.610. The van der Waals surface area contributed by atoms with Gasteiger partial charge in [0.25, 0.3) is 0 Å². The van der Waals surface area contributed by atoms with E-state index in [4.69, 9.17) is 9.47 Å². The van der Waals surface area contributed by atoms with E-state index in [1.807, 2.05) is 132 Å². The highest BCUT2D eigenvalue weighted by Crippen LogP contribution is 2.79. The monoisotopic (exact) mass is 1970 g/mol. The van der Waals surface area contributed by atoms with Gasteiger partial charge in [-0.05, 0) is 432 Å². The minimum atomic E-state index is -0.0363. The maximum absolute atomic E-state index is 12.6. The van der Waals surface area contributed by atoms with E-state index in [1.165, 1.54) is 205 Å². The third kappa shape index (κ3) is 29.3. The molecule has 0 aromatic rings. The predicted molar refractivity (Wildman–Crippen MR) is 632 cm³/mol. The molecule has 23 rings (SSSR count). The second kappa shape index (κ2) is 57.4. The highest BCUT2D eigenvalue weighted by atomic mass is 16.5. The number of ether oxygens (including phenoxy) is 2. The lowest BCUT2D eigenvalue weighted by molar-refractivity contribution is -0.252. The van der Waals surface area contributed by atoms with Gasteiger partial charge < -0.3 is 14.4 Å². The molecule has 0 aromatic carbocycles. The van der Waals surface area contributed by atoms with Crippen LogP contribution in [0.3, 0.4) is 0 Å². The van der Waals surface area contributed by atoms with Gasteiger partial charge in [0.2, 0.25) is 5.91 Å². The van der Waals surface area contributed by atoms with Crippen LogP contribution in [0.1, 0.15) is 625 Å². The minimum Gasteiger partial charge on any atom is -0.374 e. The number of carbonyl (C=O) groups excluding carboxylic acids is 1. The molecule has 838 valence electrons. The van der Waals surface area contributed by atoms with Crippen molar-refractivity contribution < 1.29 is 14.3 Å². The largest absolute Gasteiger partial charge is 0.374 e. The Bertz CT molecular complexity index is 3010. The summed E-state index contributed by atoms with van der Waals surface area (Å²) < 4.78 is 12.4. The van der Waals surface area contributed by atoms with Crippen molar-refractivity contribution in [2.75, 3.05) is 13.7 Å². The molecule has 23 fully saturated rings. The average molecular weight is 1970 g/mol. The molecule has 6 aliphatic heterocycles. The van der Waals surface area contributed by atoms with Crippen LogP contribution >= 0.6 is 0 Å². The quantitative estimate of drug-likeness (QED) is 0.155. The lowest BCUT2D eigenvalue weighted by atomic mass is 9.30. The van der Waals surface area contributed by atoms with Crippen LogP contribution < -0.4 is 0 Å². The topological polar surface area (TPSA) is 38.8 Å². The van der Waals surface area contributed by atoms with E-state index in [-0.39, 0.29) is 22.0 Å². The Morgan fingerprint density at radius 2 is 0.493 bits per heavy atom. The molecule has 0 aromatic heterocycles. The Labute approximate surface area is 887 Å². The van der Waals surface area contributed by atoms with Crippen molar-refractivity contribution in [3.63, 3.8) is 0 Å². The summed E-state index contributed by atoms with van der Waals surface area (Å²) >= 11 is 0. The van der Waals surface area contributed by atoms with Crippen molar-refractivity contribution in [2.24, 2.45) is 206 Å². The van der Waals surface area contributed by atoms with Crippen molar-refractivity contribution in [3.05, 3.63) is 0 Å². The zero-order chi connectivity index (χ0) is 109. The summed E-state index contributed by atoms with van der Waals surface area (Å²) in [5.74, 6) is 20.1. The molecule has 0 N–H and O–H groups in total. The number of rotatable bonds is 16. The number of hydrogen-bond acceptors (Lipinski definition) is 3. The third-order valence-electron chi connectivity index (χ3n) is 46.3. The summed E-state index contributed by atoms with van der Waals surface area (Å²) in [5.41, 5.74) is 9.07. The van der Waals surface area contributed by atoms with E-state index in [0.717, 1.165) is 192 Å². The van der Waals surface area contributed by atoms with E-state index in [1.54, 1.807) is 19.3 Å². The van der Waals surface area contributed by atoms with E-state index >= 15 is 0 Å². The molecule has 140 heavy (non-hydrogen) atoms. The van der Waals surface area contributed by atoms with Gasteiger partial charge in [0.1, 0.15) is 0 Å². The fourth-order valence-electron chi connectivity index (χ4n) is 33.5. The molecule has 0 spiro atoms. The van der Waals surface area contributed by atoms with Crippen molar-refractivity contribution in [3.8, 4) is 0 Å². The van der Waals surface area contributed by atoms with E-state index in [0.29, 0.717) is 40.8 Å². The van der Waals surface area contributed by atoms with Crippen LogP contribution in [0.2, 0.25) is 0 Å². The van der Waals surface area contributed by atoms with Gasteiger partial charge in [0, 0.05) is 12.6 Å². The van der Waals surface area contributed by atoms with E-state index in [2.05, 4.69) is 268 Å². The van der Waals surface area contributed by atoms with Crippen LogP contribution in [0.25, 0.3) is 0 Å². The van der Waals surface area contributed by atoms with Crippen LogP contribution in [0.5, 0.6) is 0 Å². The van der Waals surface area contributed by atoms with Gasteiger partial charge in [0.15, 0.2) is 0 Å². The van der Waals surface area contributed by atoms with Crippen molar-refractivity contribution >= 4 is 5.91 Å². The van der Waals surface area contributed by atoms with Gasteiger partial charge in [0.05, 0.1) is 29.8 Å². The first-order valence-electron chi connectivity index (χ1n) is 63.8. The smallest absolute Gasteiger partial charge is 0.229 e. The zero-order valence-electron chi connectivity index (χ0n) is 108. The first kappa shape index (κ1) is 137. The second-order valence-corrected chi connectivity index (χ2v) is 56.8. The maximum Gasteiger partial charge on any atom is 0.229 e. The summed E-state index contributed by atoms with van der Waals surface area (Å²) in [6, 6.07) is 0. The summed E-state index contributed by atoms with van der Waals surface area (Å²) in [6.45, 7) is 128. The lowest BCUT2D eigenvalue weighted by Gasteiger charge is -2.75. The minimum absolute atomic E-state index is 0.0363. The summed E-state index contributed by atoms with van der Waals surface area (Å²) in [7, 11) is 2.03. The fourth-order valence-corrected chi connectivity index (χ4v) is 33.5. The molecule has 6 heterocycles. The van der Waals surface area contributed by atoms with Crippen molar-refractivity contribution in [1.29, 1.82) is 0 Å². The molecule has 10 atom stereocenters. The van der Waals surface area contributed by atoms with Crippen LogP contribution in [-0.4, -0.2) is 47.8 Å². The summed E-state index contributed by atoms with van der Waals surface area (Å²) in [6.07, 6.45) is 54.8. The number of hydrogen-bond donors (Lipinski definition) is 0.